The van der Waals surface area contributed by atoms with Crippen molar-refractivity contribution in [2.75, 3.05) is 18.0 Å². The molecule has 2 aliphatic rings. The number of rotatable bonds is 6. The number of benzene rings is 2. The van der Waals surface area contributed by atoms with E-state index < -0.39 is 0 Å². The molecule has 27 heavy (non-hydrogen) atoms. The molecule has 6 heteroatoms. The standard InChI is InChI=1S/C21H23N3O3/c25-21(15-4-2-1-3-5-15)16-6-9-19(20(14-16)24(26)27)23-12-10-18(11-13-23)22-17-7-8-17/h1-6,9,14,17-18,22H,7-8,10-13H2. The van der Waals surface area contributed by atoms with E-state index in [0.29, 0.717) is 28.9 Å². The lowest BCUT2D eigenvalue weighted by Crippen LogP contribution is -2.43. The lowest BCUT2D eigenvalue weighted by Gasteiger charge is -2.33. The minimum Gasteiger partial charge on any atom is -0.366 e. The molecule has 1 saturated carbocycles. The molecule has 4 rings (SSSR count). The highest BCUT2D eigenvalue weighted by molar-refractivity contribution is 6.09. The summed E-state index contributed by atoms with van der Waals surface area (Å²) in [5.74, 6) is -0.197. The van der Waals surface area contributed by atoms with E-state index in [1.165, 1.54) is 18.9 Å². The van der Waals surface area contributed by atoms with Gasteiger partial charge in [0, 0.05) is 42.4 Å². The molecule has 2 aromatic carbocycles. The van der Waals surface area contributed by atoms with E-state index in [1.54, 1.807) is 36.4 Å². The second-order valence-electron chi connectivity index (χ2n) is 7.36. The van der Waals surface area contributed by atoms with Gasteiger partial charge in [-0.3, -0.25) is 14.9 Å². The van der Waals surface area contributed by atoms with Crippen LogP contribution in [0.2, 0.25) is 0 Å². The van der Waals surface area contributed by atoms with Crippen LogP contribution in [0, 0.1) is 10.1 Å². The summed E-state index contributed by atoms with van der Waals surface area (Å²) >= 11 is 0. The van der Waals surface area contributed by atoms with E-state index in [4.69, 9.17) is 0 Å². The summed E-state index contributed by atoms with van der Waals surface area (Å²) < 4.78 is 0. The molecule has 1 aliphatic carbocycles. The SMILES string of the molecule is O=C(c1ccccc1)c1ccc(N2CCC(NC3CC3)CC2)c([N+](=O)[O-])c1. The number of nitrogens with one attached hydrogen (secondary N) is 1. The van der Waals surface area contributed by atoms with Crippen molar-refractivity contribution in [1.82, 2.24) is 5.32 Å². The Labute approximate surface area is 158 Å². The first-order valence-electron chi connectivity index (χ1n) is 9.51. The van der Waals surface area contributed by atoms with Gasteiger partial charge in [0.15, 0.2) is 5.78 Å². The Morgan fingerprint density at radius 1 is 0.963 bits per heavy atom. The van der Waals surface area contributed by atoms with Gasteiger partial charge in [-0.25, -0.2) is 0 Å². The molecule has 0 unspecified atom stereocenters. The van der Waals surface area contributed by atoms with Crippen LogP contribution in [0.15, 0.2) is 48.5 Å². The fraction of sp³-hybridized carbons (Fsp3) is 0.381. The van der Waals surface area contributed by atoms with Crippen LogP contribution in [-0.2, 0) is 0 Å². The van der Waals surface area contributed by atoms with Gasteiger partial charge in [0.2, 0.25) is 0 Å². The fourth-order valence-electron chi connectivity index (χ4n) is 3.70. The maximum absolute atomic E-state index is 12.6. The van der Waals surface area contributed by atoms with Gasteiger partial charge >= 0.3 is 0 Å². The van der Waals surface area contributed by atoms with Gasteiger partial charge in [-0.1, -0.05) is 30.3 Å². The van der Waals surface area contributed by atoms with Gasteiger partial charge in [0.25, 0.3) is 5.69 Å². The van der Waals surface area contributed by atoms with E-state index >= 15 is 0 Å². The zero-order valence-electron chi connectivity index (χ0n) is 15.1. The molecule has 1 saturated heterocycles. The predicted octanol–water partition coefficient (Wildman–Crippen LogP) is 3.55. The molecule has 0 radical (unpaired) electrons. The monoisotopic (exact) mass is 365 g/mol. The van der Waals surface area contributed by atoms with Gasteiger partial charge < -0.3 is 10.2 Å². The Morgan fingerprint density at radius 2 is 1.63 bits per heavy atom. The summed E-state index contributed by atoms with van der Waals surface area (Å²) in [5, 5.41) is 15.3. The first-order valence-corrected chi connectivity index (χ1v) is 9.51. The summed E-state index contributed by atoms with van der Waals surface area (Å²) in [4.78, 5) is 26.0. The molecule has 1 aliphatic heterocycles. The summed E-state index contributed by atoms with van der Waals surface area (Å²) in [6, 6.07) is 14.9. The summed E-state index contributed by atoms with van der Waals surface area (Å²) in [7, 11) is 0. The minimum absolute atomic E-state index is 0.00498. The second-order valence-corrected chi connectivity index (χ2v) is 7.36. The van der Waals surface area contributed by atoms with Crippen molar-refractivity contribution in [2.45, 2.75) is 37.8 Å². The molecule has 2 fully saturated rings. The van der Waals surface area contributed by atoms with Crippen LogP contribution in [0.25, 0.3) is 0 Å². The Bertz CT molecular complexity index is 841. The van der Waals surface area contributed by atoms with Crippen LogP contribution in [0.5, 0.6) is 0 Å². The van der Waals surface area contributed by atoms with E-state index in [9.17, 15) is 14.9 Å². The number of carbonyl (C=O) groups excluding carboxylic acids is 1. The number of nitrogens with zero attached hydrogens (tertiary/aromatic N) is 2. The van der Waals surface area contributed by atoms with Gasteiger partial charge in [-0.05, 0) is 37.8 Å². The van der Waals surface area contributed by atoms with E-state index in [-0.39, 0.29) is 16.4 Å². The van der Waals surface area contributed by atoms with Crippen LogP contribution in [0.1, 0.15) is 41.6 Å². The summed E-state index contributed by atoms with van der Waals surface area (Å²) in [6.45, 7) is 1.58. The van der Waals surface area contributed by atoms with Crippen LogP contribution < -0.4 is 10.2 Å². The number of anilines is 1. The number of hydrogen-bond acceptors (Lipinski definition) is 5. The highest BCUT2D eigenvalue weighted by Gasteiger charge is 2.29. The maximum Gasteiger partial charge on any atom is 0.293 e. The predicted molar refractivity (Wildman–Crippen MR) is 104 cm³/mol. The zero-order chi connectivity index (χ0) is 18.8. The highest BCUT2D eigenvalue weighted by Crippen LogP contribution is 2.32. The van der Waals surface area contributed by atoms with Crippen molar-refractivity contribution in [3.05, 3.63) is 69.8 Å². The lowest BCUT2D eigenvalue weighted by molar-refractivity contribution is -0.384. The molecule has 0 aromatic heterocycles. The first kappa shape index (κ1) is 17.7. The van der Waals surface area contributed by atoms with Gasteiger partial charge in [-0.2, -0.15) is 0 Å². The molecule has 0 spiro atoms. The molecule has 2 aromatic rings. The van der Waals surface area contributed by atoms with Crippen molar-refractivity contribution < 1.29 is 9.72 Å². The summed E-state index contributed by atoms with van der Waals surface area (Å²) in [5.41, 5.74) is 1.49. The zero-order valence-corrected chi connectivity index (χ0v) is 15.1. The van der Waals surface area contributed by atoms with Gasteiger partial charge in [-0.15, -0.1) is 0 Å². The topological polar surface area (TPSA) is 75.5 Å². The normalized spacial score (nSPS) is 17.7. The van der Waals surface area contributed by atoms with Gasteiger partial charge in [0.05, 0.1) is 4.92 Å². The fourth-order valence-corrected chi connectivity index (χ4v) is 3.70. The molecule has 1 N–H and O–H groups in total. The Morgan fingerprint density at radius 3 is 2.26 bits per heavy atom. The molecule has 6 nitrogen and oxygen atoms in total. The summed E-state index contributed by atoms with van der Waals surface area (Å²) in [6.07, 6.45) is 4.50. The van der Waals surface area contributed by atoms with E-state index in [2.05, 4.69) is 10.2 Å². The van der Waals surface area contributed by atoms with Crippen molar-refractivity contribution in [3.8, 4) is 0 Å². The number of nitro groups is 1. The molecule has 140 valence electrons. The lowest BCUT2D eigenvalue weighted by atomic mass is 10.0. The Kier molecular flexibility index (Phi) is 4.90. The molecule has 0 atom stereocenters. The number of piperidine rings is 1. The average Bonchev–Trinajstić information content (AvgIpc) is 3.52. The molecule has 0 amide bonds. The van der Waals surface area contributed by atoms with E-state index in [1.807, 2.05) is 6.07 Å². The van der Waals surface area contributed by atoms with Crippen molar-refractivity contribution >= 4 is 17.2 Å². The molecular formula is C21H23N3O3. The largest absolute Gasteiger partial charge is 0.366 e. The van der Waals surface area contributed by atoms with Crippen LogP contribution >= 0.6 is 0 Å². The number of ketones is 1. The smallest absolute Gasteiger partial charge is 0.293 e. The molecule has 0 bridgehead atoms. The van der Waals surface area contributed by atoms with Crippen LogP contribution in [-0.4, -0.2) is 35.9 Å². The number of hydrogen-bond donors (Lipinski definition) is 1. The number of nitro benzene ring substituents is 1. The molecule has 1 heterocycles. The third kappa shape index (κ3) is 4.01. The third-order valence-electron chi connectivity index (χ3n) is 5.35. The van der Waals surface area contributed by atoms with Crippen molar-refractivity contribution in [1.29, 1.82) is 0 Å². The third-order valence-corrected chi connectivity index (χ3v) is 5.35. The quantitative estimate of drug-likeness (QED) is 0.481. The van der Waals surface area contributed by atoms with E-state index in [0.717, 1.165) is 25.9 Å². The Balaban J connectivity index is 1.53. The maximum atomic E-state index is 12.6. The van der Waals surface area contributed by atoms with Crippen molar-refractivity contribution in [2.24, 2.45) is 0 Å². The van der Waals surface area contributed by atoms with Gasteiger partial charge in [0.1, 0.15) is 5.69 Å². The second kappa shape index (κ2) is 7.48. The minimum atomic E-state index is -0.383. The van der Waals surface area contributed by atoms with Crippen molar-refractivity contribution in [3.63, 3.8) is 0 Å². The Hall–Kier alpha value is -2.73. The van der Waals surface area contributed by atoms with Crippen LogP contribution in [0.4, 0.5) is 11.4 Å². The highest BCUT2D eigenvalue weighted by atomic mass is 16.6. The molecular weight excluding hydrogens is 342 g/mol. The number of carbonyl (C=O) groups is 1. The van der Waals surface area contributed by atoms with Crippen LogP contribution in [0.3, 0.4) is 0 Å². The average molecular weight is 365 g/mol. The first-order chi connectivity index (χ1) is 13.1.